The maximum absolute atomic E-state index is 11.5. The van der Waals surface area contributed by atoms with Crippen molar-refractivity contribution in [2.45, 2.75) is 32.7 Å². The first-order chi connectivity index (χ1) is 8.11. The van der Waals surface area contributed by atoms with E-state index in [-0.39, 0.29) is 11.9 Å². The van der Waals surface area contributed by atoms with Gasteiger partial charge >= 0.3 is 0 Å². The number of hydrogen-bond acceptors (Lipinski definition) is 1. The van der Waals surface area contributed by atoms with E-state index in [0.717, 1.165) is 18.4 Å². The smallest absolute Gasteiger partial charge is 0.244 e. The topological polar surface area (TPSA) is 29.1 Å². The summed E-state index contributed by atoms with van der Waals surface area (Å²) in [6.07, 6.45) is 5.41. The molecule has 1 aromatic rings. The average molecular weight is 252 g/mol. The number of halogens is 1. The summed E-state index contributed by atoms with van der Waals surface area (Å²) in [5.74, 6) is -0.0547. The van der Waals surface area contributed by atoms with Gasteiger partial charge in [-0.3, -0.25) is 4.79 Å². The lowest BCUT2D eigenvalue weighted by molar-refractivity contribution is -0.117. The molecule has 1 unspecified atom stereocenters. The Morgan fingerprint density at radius 3 is 2.65 bits per heavy atom. The van der Waals surface area contributed by atoms with Gasteiger partial charge in [0.2, 0.25) is 5.91 Å². The van der Waals surface area contributed by atoms with Crippen LogP contribution in [0.3, 0.4) is 0 Å². The highest BCUT2D eigenvalue weighted by Crippen LogP contribution is 2.10. The minimum atomic E-state index is -0.0547. The van der Waals surface area contributed by atoms with Crippen molar-refractivity contribution in [3.63, 3.8) is 0 Å². The molecule has 0 aliphatic rings. The molecule has 0 aliphatic heterocycles. The largest absolute Gasteiger partial charge is 0.350 e. The third-order valence-electron chi connectivity index (χ3n) is 2.41. The lowest BCUT2D eigenvalue weighted by Crippen LogP contribution is -2.30. The molecule has 3 heteroatoms. The van der Waals surface area contributed by atoms with Gasteiger partial charge in [0.1, 0.15) is 0 Å². The Labute approximate surface area is 108 Å². The molecule has 0 spiro atoms. The zero-order valence-corrected chi connectivity index (χ0v) is 11.0. The predicted molar refractivity (Wildman–Crippen MR) is 73.0 cm³/mol. The Hall–Kier alpha value is -1.28. The van der Waals surface area contributed by atoms with Crippen LogP contribution in [0.2, 0.25) is 5.02 Å². The molecule has 0 aromatic heterocycles. The van der Waals surface area contributed by atoms with Crippen molar-refractivity contribution >= 4 is 23.6 Å². The van der Waals surface area contributed by atoms with Gasteiger partial charge in [-0.2, -0.15) is 0 Å². The monoisotopic (exact) mass is 251 g/mol. The Morgan fingerprint density at radius 1 is 1.41 bits per heavy atom. The molecule has 0 bridgehead atoms. The Kier molecular flexibility index (Phi) is 5.78. The highest BCUT2D eigenvalue weighted by Gasteiger charge is 2.02. The van der Waals surface area contributed by atoms with E-state index in [0.29, 0.717) is 5.02 Å². The number of hydrogen-bond donors (Lipinski definition) is 1. The standard InChI is InChI=1S/C14H18ClNO/c1-3-4-11(2)16-14(17)10-7-12-5-8-13(15)9-6-12/h5-11H,3-4H2,1-2H3,(H,16,17). The normalized spacial score (nSPS) is 12.6. The second-order valence-electron chi connectivity index (χ2n) is 4.08. The molecule has 0 saturated heterocycles. The van der Waals surface area contributed by atoms with Crippen LogP contribution in [0.5, 0.6) is 0 Å². The summed E-state index contributed by atoms with van der Waals surface area (Å²) in [5, 5.41) is 3.61. The van der Waals surface area contributed by atoms with Gasteiger partial charge in [-0.05, 0) is 37.1 Å². The molecule has 1 N–H and O–H groups in total. The molecule has 0 aliphatic carbocycles. The zero-order valence-electron chi connectivity index (χ0n) is 10.2. The molecule has 17 heavy (non-hydrogen) atoms. The quantitative estimate of drug-likeness (QED) is 0.795. The lowest BCUT2D eigenvalue weighted by atomic mass is 10.2. The van der Waals surface area contributed by atoms with Crippen LogP contribution in [0.4, 0.5) is 0 Å². The average Bonchev–Trinajstić information content (AvgIpc) is 2.28. The Morgan fingerprint density at radius 2 is 2.06 bits per heavy atom. The van der Waals surface area contributed by atoms with Crippen LogP contribution in [0.1, 0.15) is 32.3 Å². The first-order valence-corrected chi connectivity index (χ1v) is 6.23. The van der Waals surface area contributed by atoms with Gasteiger partial charge in [0.25, 0.3) is 0 Å². The number of amides is 1. The van der Waals surface area contributed by atoms with Gasteiger partial charge in [0.05, 0.1) is 0 Å². The minimum Gasteiger partial charge on any atom is -0.350 e. The summed E-state index contributed by atoms with van der Waals surface area (Å²) >= 11 is 5.77. The van der Waals surface area contributed by atoms with Crippen LogP contribution in [0.15, 0.2) is 30.3 Å². The van der Waals surface area contributed by atoms with Crippen LogP contribution in [-0.4, -0.2) is 11.9 Å². The van der Waals surface area contributed by atoms with Crippen molar-refractivity contribution in [3.8, 4) is 0 Å². The minimum absolute atomic E-state index is 0.0547. The fourth-order valence-electron chi connectivity index (χ4n) is 1.54. The van der Waals surface area contributed by atoms with E-state index in [4.69, 9.17) is 11.6 Å². The fraction of sp³-hybridized carbons (Fsp3) is 0.357. The van der Waals surface area contributed by atoms with E-state index in [1.165, 1.54) is 0 Å². The molecule has 1 aromatic carbocycles. The zero-order chi connectivity index (χ0) is 12.7. The molecule has 2 nitrogen and oxygen atoms in total. The van der Waals surface area contributed by atoms with Gasteiger partial charge < -0.3 is 5.32 Å². The maximum Gasteiger partial charge on any atom is 0.244 e. The third-order valence-corrected chi connectivity index (χ3v) is 2.66. The molecule has 0 heterocycles. The van der Waals surface area contributed by atoms with Gasteiger partial charge in [-0.15, -0.1) is 0 Å². The molecule has 1 amide bonds. The molecule has 0 saturated carbocycles. The highest BCUT2D eigenvalue weighted by atomic mass is 35.5. The van der Waals surface area contributed by atoms with E-state index < -0.39 is 0 Å². The summed E-state index contributed by atoms with van der Waals surface area (Å²) in [5.41, 5.74) is 0.965. The molecule has 92 valence electrons. The third kappa shape index (κ3) is 5.55. The molecule has 0 radical (unpaired) electrons. The van der Waals surface area contributed by atoms with Crippen molar-refractivity contribution < 1.29 is 4.79 Å². The molecular formula is C14H18ClNO. The van der Waals surface area contributed by atoms with Crippen molar-refractivity contribution in [1.82, 2.24) is 5.32 Å². The SMILES string of the molecule is CCCC(C)NC(=O)C=Cc1ccc(Cl)cc1. The Balaban J connectivity index is 2.47. The maximum atomic E-state index is 11.5. The van der Waals surface area contributed by atoms with E-state index in [9.17, 15) is 4.79 Å². The first-order valence-electron chi connectivity index (χ1n) is 5.86. The molecule has 1 rings (SSSR count). The van der Waals surface area contributed by atoms with Gasteiger partial charge in [0, 0.05) is 17.1 Å². The number of carbonyl (C=O) groups excluding carboxylic acids is 1. The summed E-state index contributed by atoms with van der Waals surface area (Å²) in [4.78, 5) is 11.5. The molecule has 0 fully saturated rings. The van der Waals surface area contributed by atoms with E-state index in [1.54, 1.807) is 24.3 Å². The van der Waals surface area contributed by atoms with Crippen LogP contribution in [-0.2, 0) is 4.79 Å². The van der Waals surface area contributed by atoms with E-state index >= 15 is 0 Å². The fourth-order valence-corrected chi connectivity index (χ4v) is 1.67. The summed E-state index contributed by atoms with van der Waals surface area (Å²) in [6.45, 7) is 4.11. The van der Waals surface area contributed by atoms with E-state index in [1.807, 2.05) is 19.1 Å². The van der Waals surface area contributed by atoms with Crippen molar-refractivity contribution in [1.29, 1.82) is 0 Å². The van der Waals surface area contributed by atoms with Gasteiger partial charge in [-0.1, -0.05) is 37.1 Å². The number of carbonyl (C=O) groups is 1. The van der Waals surface area contributed by atoms with Gasteiger partial charge in [0.15, 0.2) is 0 Å². The lowest BCUT2D eigenvalue weighted by Gasteiger charge is -2.10. The van der Waals surface area contributed by atoms with Crippen molar-refractivity contribution in [2.24, 2.45) is 0 Å². The van der Waals surface area contributed by atoms with E-state index in [2.05, 4.69) is 12.2 Å². The van der Waals surface area contributed by atoms with Crippen molar-refractivity contribution in [3.05, 3.63) is 40.9 Å². The number of nitrogens with one attached hydrogen (secondary N) is 1. The first kappa shape index (κ1) is 13.8. The summed E-state index contributed by atoms with van der Waals surface area (Å²) < 4.78 is 0. The van der Waals surface area contributed by atoms with Crippen LogP contribution in [0, 0.1) is 0 Å². The van der Waals surface area contributed by atoms with Crippen LogP contribution in [0.25, 0.3) is 6.08 Å². The summed E-state index contributed by atoms with van der Waals surface area (Å²) in [7, 11) is 0. The summed E-state index contributed by atoms with van der Waals surface area (Å²) in [6, 6.07) is 7.59. The van der Waals surface area contributed by atoms with Crippen LogP contribution < -0.4 is 5.32 Å². The number of rotatable bonds is 5. The van der Waals surface area contributed by atoms with Crippen LogP contribution >= 0.6 is 11.6 Å². The predicted octanol–water partition coefficient (Wildman–Crippen LogP) is 3.66. The molecule has 1 atom stereocenters. The highest BCUT2D eigenvalue weighted by molar-refractivity contribution is 6.30. The second-order valence-corrected chi connectivity index (χ2v) is 4.52. The van der Waals surface area contributed by atoms with Gasteiger partial charge in [-0.25, -0.2) is 0 Å². The molecular weight excluding hydrogens is 234 g/mol. The Bertz CT molecular complexity index is 384. The van der Waals surface area contributed by atoms with Crippen molar-refractivity contribution in [2.75, 3.05) is 0 Å². The second kappa shape index (κ2) is 7.13. The number of benzene rings is 1.